The molecule has 9 heteroatoms. The maximum absolute atomic E-state index is 11.5. The Kier molecular flexibility index (Phi) is 5.99. The summed E-state index contributed by atoms with van der Waals surface area (Å²) >= 11 is 1.62. The SMILES string of the molecule is CSNCc1cccc(-c2ccc3[nH]c4c(c3c2)CN(c2ncc(C(=O)NO)cn2)CC4)c1. The van der Waals surface area contributed by atoms with Crippen LogP contribution in [-0.2, 0) is 19.5 Å². The van der Waals surface area contributed by atoms with E-state index in [9.17, 15) is 4.79 Å². The Labute approximate surface area is 195 Å². The van der Waals surface area contributed by atoms with Crippen LogP contribution in [0.2, 0.25) is 0 Å². The number of nitrogens with one attached hydrogen (secondary N) is 3. The minimum absolute atomic E-state index is 0.214. The summed E-state index contributed by atoms with van der Waals surface area (Å²) in [4.78, 5) is 25.9. The van der Waals surface area contributed by atoms with E-state index in [1.165, 1.54) is 45.7 Å². The number of amides is 1. The molecule has 0 atom stereocenters. The van der Waals surface area contributed by atoms with Crippen LogP contribution in [0.1, 0.15) is 27.2 Å². The van der Waals surface area contributed by atoms with Crippen molar-refractivity contribution in [2.75, 3.05) is 17.7 Å². The molecule has 4 aromatic rings. The molecule has 1 amide bonds. The summed E-state index contributed by atoms with van der Waals surface area (Å²) in [7, 11) is 0. The molecule has 5 rings (SSSR count). The van der Waals surface area contributed by atoms with Crippen molar-refractivity contribution in [1.82, 2.24) is 25.2 Å². The summed E-state index contributed by atoms with van der Waals surface area (Å²) in [6, 6.07) is 15.2. The van der Waals surface area contributed by atoms with Gasteiger partial charge in [-0.3, -0.25) is 14.7 Å². The average Bonchev–Trinajstić information content (AvgIpc) is 3.24. The number of carbonyl (C=O) groups is 1. The van der Waals surface area contributed by atoms with Crippen molar-refractivity contribution in [1.29, 1.82) is 0 Å². The van der Waals surface area contributed by atoms with E-state index in [2.05, 4.69) is 67.0 Å². The van der Waals surface area contributed by atoms with Gasteiger partial charge in [-0.15, -0.1) is 0 Å². The maximum Gasteiger partial charge on any atom is 0.277 e. The Morgan fingerprint density at radius 1 is 1.18 bits per heavy atom. The fourth-order valence-corrected chi connectivity index (χ4v) is 4.56. The number of aromatic amines is 1. The lowest BCUT2D eigenvalue weighted by molar-refractivity contribution is 0.0705. The van der Waals surface area contributed by atoms with Gasteiger partial charge in [0.1, 0.15) is 0 Å². The molecule has 2 aromatic carbocycles. The number of anilines is 1. The highest BCUT2D eigenvalue weighted by molar-refractivity contribution is 7.96. The van der Waals surface area contributed by atoms with E-state index >= 15 is 0 Å². The number of aromatic nitrogens is 3. The second-order valence-corrected chi connectivity index (χ2v) is 8.65. The van der Waals surface area contributed by atoms with Crippen molar-refractivity contribution in [3.63, 3.8) is 0 Å². The number of hydrogen-bond donors (Lipinski definition) is 4. The van der Waals surface area contributed by atoms with Crippen molar-refractivity contribution in [2.24, 2.45) is 0 Å². The highest BCUT2D eigenvalue weighted by atomic mass is 32.2. The van der Waals surface area contributed by atoms with Crippen LogP contribution in [-0.4, -0.2) is 38.9 Å². The second kappa shape index (κ2) is 9.22. The minimum Gasteiger partial charge on any atom is -0.358 e. The number of benzene rings is 2. The lowest BCUT2D eigenvalue weighted by atomic mass is 9.99. The van der Waals surface area contributed by atoms with Gasteiger partial charge in [-0.25, -0.2) is 15.4 Å². The molecule has 0 saturated carbocycles. The molecule has 168 valence electrons. The summed E-state index contributed by atoms with van der Waals surface area (Å²) in [5.41, 5.74) is 9.06. The van der Waals surface area contributed by atoms with Crippen LogP contribution in [0.5, 0.6) is 0 Å². The molecule has 0 unspecified atom stereocenters. The van der Waals surface area contributed by atoms with E-state index in [1.54, 1.807) is 17.4 Å². The molecule has 0 spiro atoms. The van der Waals surface area contributed by atoms with Crippen molar-refractivity contribution < 1.29 is 10.0 Å². The van der Waals surface area contributed by atoms with Crippen molar-refractivity contribution in [2.45, 2.75) is 19.5 Å². The first-order valence-corrected chi connectivity index (χ1v) is 11.9. The Balaban J connectivity index is 1.44. The molecule has 3 heterocycles. The van der Waals surface area contributed by atoms with Gasteiger partial charge in [-0.2, -0.15) is 0 Å². The first-order chi connectivity index (χ1) is 16.2. The molecule has 2 aromatic heterocycles. The van der Waals surface area contributed by atoms with Gasteiger partial charge in [-0.05, 0) is 41.1 Å². The first-order valence-electron chi connectivity index (χ1n) is 10.7. The molecule has 1 aliphatic heterocycles. The number of rotatable bonds is 6. The fourth-order valence-electron chi connectivity index (χ4n) is 4.25. The van der Waals surface area contributed by atoms with Crippen LogP contribution in [0.15, 0.2) is 54.9 Å². The molecule has 4 N–H and O–H groups in total. The van der Waals surface area contributed by atoms with Crippen LogP contribution in [0, 0.1) is 0 Å². The largest absolute Gasteiger partial charge is 0.358 e. The summed E-state index contributed by atoms with van der Waals surface area (Å²) in [5.74, 6) is -0.0606. The molecular weight excluding hydrogens is 436 g/mol. The van der Waals surface area contributed by atoms with Gasteiger partial charge in [0, 0.05) is 60.6 Å². The first kappa shape index (κ1) is 21.4. The van der Waals surface area contributed by atoms with Crippen LogP contribution in [0.4, 0.5) is 5.95 Å². The number of hydrogen-bond acceptors (Lipinski definition) is 7. The quantitative estimate of drug-likeness (QED) is 0.198. The summed E-state index contributed by atoms with van der Waals surface area (Å²) in [6.45, 7) is 2.29. The number of carbonyl (C=O) groups excluding carboxylic acids is 1. The average molecular weight is 461 g/mol. The Hall–Kier alpha value is -3.40. The summed E-state index contributed by atoms with van der Waals surface area (Å²) < 4.78 is 3.30. The molecule has 0 radical (unpaired) electrons. The molecule has 0 fully saturated rings. The predicted molar refractivity (Wildman–Crippen MR) is 130 cm³/mol. The third kappa shape index (κ3) is 4.30. The van der Waals surface area contributed by atoms with Gasteiger partial charge in [0.05, 0.1) is 5.56 Å². The zero-order valence-electron chi connectivity index (χ0n) is 18.1. The van der Waals surface area contributed by atoms with Crippen molar-refractivity contribution in [3.05, 3.63) is 77.2 Å². The van der Waals surface area contributed by atoms with Gasteiger partial charge in [0.25, 0.3) is 5.91 Å². The topological polar surface area (TPSA) is 106 Å². The second-order valence-electron chi connectivity index (χ2n) is 7.95. The molecule has 0 bridgehead atoms. The molecule has 0 aliphatic carbocycles. The zero-order valence-corrected chi connectivity index (χ0v) is 18.9. The standard InChI is InChI=1S/C24H24N6O2S/c1-33-27-11-15-3-2-4-16(9-15)17-5-6-21-19(10-17)20-14-30(8-7-22(20)28-21)24-25-12-18(13-26-24)23(31)29-32/h2-6,9-10,12-13,27-28,32H,7-8,11,14H2,1H3,(H,29,31). The number of fused-ring (bicyclic) bond motifs is 3. The van der Waals surface area contributed by atoms with E-state index in [1.807, 2.05) is 6.26 Å². The fraction of sp³-hybridized carbons (Fsp3) is 0.208. The highest BCUT2D eigenvalue weighted by Gasteiger charge is 2.23. The molecule has 1 aliphatic rings. The van der Waals surface area contributed by atoms with Crippen LogP contribution in [0.3, 0.4) is 0 Å². The molecular formula is C24H24N6O2S. The van der Waals surface area contributed by atoms with Gasteiger partial charge in [0.2, 0.25) is 5.95 Å². The number of H-pyrrole nitrogens is 1. The minimum atomic E-state index is -0.625. The molecule has 0 saturated heterocycles. The Morgan fingerprint density at radius 3 is 2.79 bits per heavy atom. The van der Waals surface area contributed by atoms with E-state index in [4.69, 9.17) is 5.21 Å². The van der Waals surface area contributed by atoms with E-state index in [0.717, 1.165) is 25.0 Å². The van der Waals surface area contributed by atoms with Crippen LogP contribution < -0.4 is 15.1 Å². The predicted octanol–water partition coefficient (Wildman–Crippen LogP) is 3.67. The number of nitrogens with zero attached hydrogens (tertiary/aromatic N) is 3. The van der Waals surface area contributed by atoms with Gasteiger partial charge < -0.3 is 9.88 Å². The lowest BCUT2D eigenvalue weighted by Gasteiger charge is -2.27. The summed E-state index contributed by atoms with van der Waals surface area (Å²) in [6.07, 6.45) is 5.74. The van der Waals surface area contributed by atoms with E-state index < -0.39 is 5.91 Å². The normalized spacial score (nSPS) is 13.2. The Morgan fingerprint density at radius 2 is 2.00 bits per heavy atom. The third-order valence-corrected chi connectivity index (χ3v) is 6.37. The maximum atomic E-state index is 11.5. The van der Waals surface area contributed by atoms with Crippen LogP contribution >= 0.6 is 11.9 Å². The monoisotopic (exact) mass is 460 g/mol. The molecule has 8 nitrogen and oxygen atoms in total. The van der Waals surface area contributed by atoms with E-state index in [0.29, 0.717) is 12.5 Å². The van der Waals surface area contributed by atoms with Gasteiger partial charge in [0.15, 0.2) is 0 Å². The zero-order chi connectivity index (χ0) is 22.8. The van der Waals surface area contributed by atoms with Crippen molar-refractivity contribution >= 4 is 34.7 Å². The molecule has 33 heavy (non-hydrogen) atoms. The van der Waals surface area contributed by atoms with Gasteiger partial charge >= 0.3 is 0 Å². The van der Waals surface area contributed by atoms with Crippen LogP contribution in [0.25, 0.3) is 22.0 Å². The van der Waals surface area contributed by atoms with Crippen molar-refractivity contribution in [3.8, 4) is 11.1 Å². The van der Waals surface area contributed by atoms with E-state index in [-0.39, 0.29) is 5.56 Å². The Bertz CT molecular complexity index is 1300. The lowest BCUT2D eigenvalue weighted by Crippen LogP contribution is -2.31. The smallest absolute Gasteiger partial charge is 0.277 e. The highest BCUT2D eigenvalue weighted by Crippen LogP contribution is 2.32. The van der Waals surface area contributed by atoms with Gasteiger partial charge in [-0.1, -0.05) is 36.2 Å². The third-order valence-electron chi connectivity index (χ3n) is 5.94. The summed E-state index contributed by atoms with van der Waals surface area (Å²) in [5, 5.41) is 9.98. The number of hydroxylamine groups is 1.